The van der Waals surface area contributed by atoms with Gasteiger partial charge in [-0.25, -0.2) is 0 Å². The van der Waals surface area contributed by atoms with Gasteiger partial charge in [0.25, 0.3) is 5.91 Å². The van der Waals surface area contributed by atoms with Crippen LogP contribution in [0.15, 0.2) is 77.8 Å². The topological polar surface area (TPSA) is 28.5 Å². The summed E-state index contributed by atoms with van der Waals surface area (Å²) < 4.78 is 2.66. The molecule has 0 atom stereocenters. The molecule has 3 aromatic carbocycles. The van der Waals surface area contributed by atoms with E-state index in [4.69, 9.17) is 35.4 Å². The van der Waals surface area contributed by atoms with Crippen LogP contribution >= 0.6 is 47.2 Å². The Balaban J connectivity index is 1.49. The molecule has 0 radical (unpaired) electrons. The lowest BCUT2D eigenvalue weighted by molar-refractivity contribution is -0.113. The predicted octanol–water partition coefficient (Wildman–Crippen LogP) is 7.47. The summed E-state index contributed by atoms with van der Waals surface area (Å²) in [5.74, 6) is -0.116. The Kier molecular flexibility index (Phi) is 6.64. The van der Waals surface area contributed by atoms with E-state index in [0.717, 1.165) is 33.4 Å². The van der Waals surface area contributed by atoms with Crippen LogP contribution in [0.5, 0.6) is 0 Å². The summed E-state index contributed by atoms with van der Waals surface area (Å²) >= 11 is 19.4. The summed E-state index contributed by atoms with van der Waals surface area (Å²) in [4.78, 5) is 17.6. The molecule has 35 heavy (non-hydrogen) atoms. The Hall–Kier alpha value is -2.77. The molecule has 8 heteroatoms. The number of hydrogen-bond acceptors (Lipinski definition) is 4. The highest BCUT2D eigenvalue weighted by Gasteiger charge is 2.33. The minimum Gasteiger partial charge on any atom is -0.378 e. The van der Waals surface area contributed by atoms with E-state index in [-0.39, 0.29) is 5.91 Å². The largest absolute Gasteiger partial charge is 0.378 e. The van der Waals surface area contributed by atoms with Crippen LogP contribution in [0.25, 0.3) is 17.0 Å². The molecule has 1 aliphatic rings. The van der Waals surface area contributed by atoms with Crippen molar-refractivity contribution in [2.24, 2.45) is 0 Å². The molecular formula is C27H21Cl2N3OS2. The number of carbonyl (C=O) groups is 1. The van der Waals surface area contributed by atoms with Gasteiger partial charge in [0.15, 0.2) is 4.32 Å². The molecular weight excluding hydrogens is 517 g/mol. The first kappa shape index (κ1) is 23.9. The zero-order valence-electron chi connectivity index (χ0n) is 19.0. The number of carbonyl (C=O) groups excluding carboxylic acids is 1. The molecule has 4 aromatic rings. The summed E-state index contributed by atoms with van der Waals surface area (Å²) in [5.41, 5.74) is 4.80. The van der Waals surface area contributed by atoms with Crippen molar-refractivity contribution in [3.8, 4) is 0 Å². The molecule has 1 amide bonds. The smallest absolute Gasteiger partial charge is 0.270 e. The van der Waals surface area contributed by atoms with Crippen LogP contribution in [-0.2, 0) is 11.3 Å². The molecule has 0 bridgehead atoms. The second-order valence-electron chi connectivity index (χ2n) is 8.39. The van der Waals surface area contributed by atoms with Crippen molar-refractivity contribution in [2.75, 3.05) is 23.9 Å². The van der Waals surface area contributed by atoms with E-state index in [1.54, 1.807) is 11.0 Å². The number of amides is 1. The van der Waals surface area contributed by atoms with Crippen molar-refractivity contribution in [3.05, 3.63) is 99.0 Å². The molecule has 0 spiro atoms. The van der Waals surface area contributed by atoms with Crippen LogP contribution in [-0.4, -0.2) is 28.9 Å². The van der Waals surface area contributed by atoms with Gasteiger partial charge in [-0.05, 0) is 54.1 Å². The van der Waals surface area contributed by atoms with E-state index in [1.165, 1.54) is 11.8 Å². The Bertz CT molecular complexity index is 1490. The van der Waals surface area contributed by atoms with Gasteiger partial charge in [-0.3, -0.25) is 9.69 Å². The van der Waals surface area contributed by atoms with Crippen LogP contribution in [0.3, 0.4) is 0 Å². The van der Waals surface area contributed by atoms with Crippen molar-refractivity contribution in [1.82, 2.24) is 4.57 Å². The molecule has 2 heterocycles. The van der Waals surface area contributed by atoms with Crippen LogP contribution < -0.4 is 9.80 Å². The number of para-hydroxylation sites is 1. The fourth-order valence-corrected chi connectivity index (χ4v) is 5.84. The van der Waals surface area contributed by atoms with Gasteiger partial charge in [-0.2, -0.15) is 0 Å². The number of halogens is 2. The SMILES string of the molecule is CN(C)c1ccc(N2C(=O)/C(=C\c3cn(Cc4ccc(Cl)cc4Cl)c4ccccc34)SC2=S)cc1. The van der Waals surface area contributed by atoms with E-state index in [1.807, 2.05) is 79.8 Å². The lowest BCUT2D eigenvalue weighted by Gasteiger charge is -2.17. The van der Waals surface area contributed by atoms with E-state index < -0.39 is 0 Å². The first-order chi connectivity index (χ1) is 16.8. The Morgan fingerprint density at radius 2 is 1.77 bits per heavy atom. The van der Waals surface area contributed by atoms with E-state index in [2.05, 4.69) is 16.7 Å². The van der Waals surface area contributed by atoms with Crippen molar-refractivity contribution >= 4 is 85.8 Å². The maximum absolute atomic E-state index is 13.4. The third-order valence-electron chi connectivity index (χ3n) is 5.88. The summed E-state index contributed by atoms with van der Waals surface area (Å²) in [6.07, 6.45) is 3.98. The van der Waals surface area contributed by atoms with E-state index in [9.17, 15) is 4.79 Å². The third-order valence-corrected chi connectivity index (χ3v) is 7.77. The van der Waals surface area contributed by atoms with Crippen molar-refractivity contribution < 1.29 is 4.79 Å². The van der Waals surface area contributed by atoms with Crippen molar-refractivity contribution in [3.63, 3.8) is 0 Å². The number of rotatable bonds is 5. The van der Waals surface area contributed by atoms with Gasteiger partial charge in [0, 0.05) is 59.0 Å². The highest BCUT2D eigenvalue weighted by atomic mass is 35.5. The standard InChI is InChI=1S/C27H21Cl2N3OS2/c1-30(2)20-9-11-21(12-10-20)32-26(33)25(35-27(32)34)13-18-16-31(24-6-4-3-5-22(18)24)15-17-7-8-19(28)14-23(17)29/h3-14,16H,15H2,1-2H3/b25-13+. The second-order valence-corrected chi connectivity index (χ2v) is 10.9. The van der Waals surface area contributed by atoms with Crippen LogP contribution in [0, 0.1) is 0 Å². The number of nitrogens with zero attached hydrogens (tertiary/aromatic N) is 3. The minimum absolute atomic E-state index is 0.116. The first-order valence-electron chi connectivity index (χ1n) is 10.9. The fraction of sp³-hybridized carbons (Fsp3) is 0.111. The number of thioether (sulfide) groups is 1. The number of aromatic nitrogens is 1. The lowest BCUT2D eigenvalue weighted by atomic mass is 10.1. The maximum atomic E-state index is 13.4. The summed E-state index contributed by atoms with van der Waals surface area (Å²) in [7, 11) is 3.96. The summed E-state index contributed by atoms with van der Waals surface area (Å²) in [5, 5.41) is 2.28. The molecule has 1 saturated heterocycles. The molecule has 0 unspecified atom stereocenters. The first-order valence-corrected chi connectivity index (χ1v) is 12.9. The number of fused-ring (bicyclic) bond motifs is 1. The zero-order valence-corrected chi connectivity index (χ0v) is 22.2. The lowest BCUT2D eigenvalue weighted by Crippen LogP contribution is -2.27. The molecule has 1 fully saturated rings. The van der Waals surface area contributed by atoms with Gasteiger partial charge < -0.3 is 9.47 Å². The van der Waals surface area contributed by atoms with Gasteiger partial charge >= 0.3 is 0 Å². The van der Waals surface area contributed by atoms with Gasteiger partial charge in [0.05, 0.1) is 10.6 Å². The molecule has 1 aromatic heterocycles. The Morgan fingerprint density at radius 1 is 1.03 bits per heavy atom. The van der Waals surface area contributed by atoms with Gasteiger partial charge in [-0.1, -0.05) is 71.4 Å². The van der Waals surface area contributed by atoms with Crippen LogP contribution in [0.1, 0.15) is 11.1 Å². The number of benzene rings is 3. The third kappa shape index (κ3) is 4.71. The molecule has 5 rings (SSSR count). The molecule has 0 saturated carbocycles. The van der Waals surface area contributed by atoms with E-state index >= 15 is 0 Å². The number of anilines is 2. The molecule has 176 valence electrons. The predicted molar refractivity (Wildman–Crippen MR) is 154 cm³/mol. The Morgan fingerprint density at radius 3 is 2.49 bits per heavy atom. The minimum atomic E-state index is -0.116. The monoisotopic (exact) mass is 537 g/mol. The quantitative estimate of drug-likeness (QED) is 0.195. The fourth-order valence-electron chi connectivity index (χ4n) is 4.09. The zero-order chi connectivity index (χ0) is 24.7. The summed E-state index contributed by atoms with van der Waals surface area (Å²) in [6.45, 7) is 0.587. The highest BCUT2D eigenvalue weighted by Crippen LogP contribution is 2.38. The van der Waals surface area contributed by atoms with E-state index in [0.29, 0.717) is 25.8 Å². The van der Waals surface area contributed by atoms with Crippen LogP contribution in [0.4, 0.5) is 11.4 Å². The summed E-state index contributed by atoms with van der Waals surface area (Å²) in [6, 6.07) is 21.4. The number of hydrogen-bond donors (Lipinski definition) is 0. The molecule has 0 aliphatic carbocycles. The van der Waals surface area contributed by atoms with Crippen molar-refractivity contribution in [2.45, 2.75) is 6.54 Å². The average Bonchev–Trinajstić information content (AvgIpc) is 3.32. The molecule has 1 aliphatic heterocycles. The van der Waals surface area contributed by atoms with Crippen LogP contribution in [0.2, 0.25) is 10.0 Å². The maximum Gasteiger partial charge on any atom is 0.270 e. The normalized spacial score (nSPS) is 15.0. The highest BCUT2D eigenvalue weighted by molar-refractivity contribution is 8.27. The molecule has 0 N–H and O–H groups in total. The average molecular weight is 539 g/mol. The van der Waals surface area contributed by atoms with Gasteiger partial charge in [-0.15, -0.1) is 0 Å². The van der Waals surface area contributed by atoms with Crippen molar-refractivity contribution in [1.29, 1.82) is 0 Å². The Labute approximate surface area is 223 Å². The number of thiocarbonyl (C=S) groups is 1. The van der Waals surface area contributed by atoms with Gasteiger partial charge in [0.2, 0.25) is 0 Å². The molecule has 4 nitrogen and oxygen atoms in total. The second kappa shape index (κ2) is 9.70. The van der Waals surface area contributed by atoms with Gasteiger partial charge in [0.1, 0.15) is 0 Å².